The van der Waals surface area contributed by atoms with E-state index >= 15 is 0 Å². The highest BCUT2D eigenvalue weighted by atomic mass is 32.1. The molecule has 1 spiro atoms. The molecular weight excluding hydrogens is 372 g/mol. The fourth-order valence-corrected chi connectivity index (χ4v) is 5.43. The summed E-state index contributed by atoms with van der Waals surface area (Å²) in [6, 6.07) is 4.65. The number of aromatic nitrogens is 2. The van der Waals surface area contributed by atoms with Gasteiger partial charge >= 0.3 is 0 Å². The van der Waals surface area contributed by atoms with Crippen LogP contribution in [0.4, 0.5) is 0 Å². The Bertz CT molecular complexity index is 803. The van der Waals surface area contributed by atoms with Gasteiger partial charge in [-0.05, 0) is 31.7 Å². The summed E-state index contributed by atoms with van der Waals surface area (Å²) in [5.41, 5.74) is 0.700. The molecule has 2 aromatic heterocycles. The quantitative estimate of drug-likeness (QED) is 0.714. The highest BCUT2D eigenvalue weighted by Gasteiger charge is 2.57. The number of methoxy groups -OCH3 is 1. The normalized spacial score (nSPS) is 25.6. The van der Waals surface area contributed by atoms with E-state index in [1.807, 2.05) is 11.2 Å². The number of hydrogen-bond donors (Lipinski definition) is 0. The van der Waals surface area contributed by atoms with Crippen molar-refractivity contribution in [3.63, 3.8) is 0 Å². The van der Waals surface area contributed by atoms with Crippen molar-refractivity contribution in [1.29, 1.82) is 0 Å². The predicted molar refractivity (Wildman–Crippen MR) is 110 cm³/mol. The number of carbonyl (C=O) groups excluding carboxylic acids is 1. The molecule has 0 aromatic carbocycles. The van der Waals surface area contributed by atoms with Gasteiger partial charge in [0.05, 0.1) is 24.0 Å². The average molecular weight is 403 g/mol. The van der Waals surface area contributed by atoms with Crippen molar-refractivity contribution < 1.29 is 9.53 Å². The SMILES string of the molecule is COCCN1CC[C@]2(CN(Cc3cccs3)C[C@@H]2c2cn(C(C)C)cn2)C1=O. The zero-order chi connectivity index (χ0) is 19.7. The molecule has 0 unspecified atom stereocenters. The summed E-state index contributed by atoms with van der Waals surface area (Å²) in [6.45, 7) is 9.01. The number of rotatable bonds is 7. The molecule has 7 heteroatoms. The van der Waals surface area contributed by atoms with E-state index in [0.717, 1.165) is 38.3 Å². The van der Waals surface area contributed by atoms with Crippen LogP contribution in [0.1, 0.15) is 42.8 Å². The molecule has 152 valence electrons. The predicted octanol–water partition coefficient (Wildman–Crippen LogP) is 2.99. The van der Waals surface area contributed by atoms with Crippen molar-refractivity contribution in [3.05, 3.63) is 40.6 Å². The molecule has 2 fully saturated rings. The number of nitrogens with zero attached hydrogens (tertiary/aromatic N) is 4. The van der Waals surface area contributed by atoms with E-state index in [1.165, 1.54) is 4.88 Å². The minimum Gasteiger partial charge on any atom is -0.383 e. The number of ether oxygens (including phenoxy) is 1. The highest BCUT2D eigenvalue weighted by molar-refractivity contribution is 7.09. The van der Waals surface area contributed by atoms with Crippen LogP contribution in [0, 0.1) is 5.41 Å². The van der Waals surface area contributed by atoms with E-state index < -0.39 is 0 Å². The summed E-state index contributed by atoms with van der Waals surface area (Å²) in [4.78, 5) is 24.0. The van der Waals surface area contributed by atoms with Gasteiger partial charge in [-0.1, -0.05) is 6.07 Å². The molecule has 0 N–H and O–H groups in total. The second kappa shape index (κ2) is 7.97. The van der Waals surface area contributed by atoms with E-state index in [9.17, 15) is 4.79 Å². The van der Waals surface area contributed by atoms with E-state index in [2.05, 4.69) is 47.0 Å². The summed E-state index contributed by atoms with van der Waals surface area (Å²) in [5, 5.41) is 2.12. The third-order valence-corrected chi connectivity index (χ3v) is 7.12. The van der Waals surface area contributed by atoms with E-state index in [-0.39, 0.29) is 17.2 Å². The molecule has 2 saturated heterocycles. The van der Waals surface area contributed by atoms with E-state index in [0.29, 0.717) is 19.2 Å². The van der Waals surface area contributed by atoms with Gasteiger partial charge in [0.1, 0.15) is 0 Å². The van der Waals surface area contributed by atoms with Crippen LogP contribution >= 0.6 is 11.3 Å². The Morgan fingerprint density at radius 2 is 2.29 bits per heavy atom. The first kappa shape index (κ1) is 19.6. The summed E-state index contributed by atoms with van der Waals surface area (Å²) in [6.07, 6.45) is 4.96. The van der Waals surface area contributed by atoms with Crippen LogP contribution in [0.5, 0.6) is 0 Å². The van der Waals surface area contributed by atoms with Crippen LogP contribution in [-0.4, -0.2) is 65.2 Å². The lowest BCUT2D eigenvalue weighted by molar-refractivity contribution is -0.136. The van der Waals surface area contributed by atoms with Crippen molar-refractivity contribution in [1.82, 2.24) is 19.4 Å². The minimum absolute atomic E-state index is 0.146. The summed E-state index contributed by atoms with van der Waals surface area (Å²) in [7, 11) is 1.69. The van der Waals surface area contributed by atoms with Gasteiger partial charge < -0.3 is 14.2 Å². The Morgan fingerprint density at radius 1 is 1.43 bits per heavy atom. The number of hydrogen-bond acceptors (Lipinski definition) is 5. The molecule has 4 heterocycles. The van der Waals surface area contributed by atoms with Crippen LogP contribution < -0.4 is 0 Å². The lowest BCUT2D eigenvalue weighted by Crippen LogP contribution is -2.40. The van der Waals surface area contributed by atoms with Gasteiger partial charge in [0.15, 0.2) is 0 Å². The number of carbonyl (C=O) groups is 1. The summed E-state index contributed by atoms with van der Waals surface area (Å²) in [5.74, 6) is 0.426. The first-order chi connectivity index (χ1) is 13.5. The summed E-state index contributed by atoms with van der Waals surface area (Å²) < 4.78 is 7.36. The van der Waals surface area contributed by atoms with Gasteiger partial charge in [0.25, 0.3) is 0 Å². The average Bonchev–Trinajstić information content (AvgIpc) is 3.44. The van der Waals surface area contributed by atoms with Crippen LogP contribution in [0.25, 0.3) is 0 Å². The number of amides is 1. The van der Waals surface area contributed by atoms with Gasteiger partial charge in [-0.3, -0.25) is 9.69 Å². The molecule has 0 bridgehead atoms. The lowest BCUT2D eigenvalue weighted by Gasteiger charge is -2.28. The Balaban J connectivity index is 1.61. The maximum Gasteiger partial charge on any atom is 0.230 e. The monoisotopic (exact) mass is 402 g/mol. The maximum absolute atomic E-state index is 13.5. The first-order valence-corrected chi connectivity index (χ1v) is 11.0. The van der Waals surface area contributed by atoms with E-state index in [4.69, 9.17) is 9.72 Å². The van der Waals surface area contributed by atoms with Gasteiger partial charge in [0, 0.05) is 62.9 Å². The molecule has 0 saturated carbocycles. The third-order valence-electron chi connectivity index (χ3n) is 6.25. The molecule has 1 amide bonds. The molecule has 6 nitrogen and oxygen atoms in total. The smallest absolute Gasteiger partial charge is 0.230 e. The van der Waals surface area contributed by atoms with Crippen molar-refractivity contribution in [2.24, 2.45) is 5.41 Å². The number of thiophene rings is 1. The molecule has 2 aliphatic heterocycles. The summed E-state index contributed by atoms with van der Waals surface area (Å²) >= 11 is 1.78. The molecule has 4 rings (SSSR count). The molecular formula is C21H30N4O2S. The maximum atomic E-state index is 13.5. The molecule has 2 aliphatic rings. The highest BCUT2D eigenvalue weighted by Crippen LogP contribution is 2.50. The van der Waals surface area contributed by atoms with Crippen molar-refractivity contribution in [3.8, 4) is 0 Å². The Hall–Kier alpha value is -1.70. The minimum atomic E-state index is -0.360. The fourth-order valence-electron chi connectivity index (χ4n) is 4.68. The van der Waals surface area contributed by atoms with Crippen LogP contribution in [0.3, 0.4) is 0 Å². The first-order valence-electron chi connectivity index (χ1n) is 10.1. The Morgan fingerprint density at radius 3 is 2.96 bits per heavy atom. The second-order valence-corrected chi connectivity index (χ2v) is 9.36. The third kappa shape index (κ3) is 3.51. The van der Waals surface area contributed by atoms with Crippen molar-refractivity contribution >= 4 is 17.2 Å². The van der Waals surface area contributed by atoms with Gasteiger partial charge in [-0.15, -0.1) is 11.3 Å². The van der Waals surface area contributed by atoms with Crippen LogP contribution in [-0.2, 0) is 16.1 Å². The zero-order valence-electron chi connectivity index (χ0n) is 17.0. The Labute approximate surface area is 171 Å². The molecule has 2 aromatic rings. The second-order valence-electron chi connectivity index (χ2n) is 8.33. The fraction of sp³-hybridized carbons (Fsp3) is 0.619. The largest absolute Gasteiger partial charge is 0.383 e. The molecule has 0 radical (unpaired) electrons. The number of imidazole rings is 1. The molecule has 2 atom stereocenters. The van der Waals surface area contributed by atoms with Gasteiger partial charge in [-0.25, -0.2) is 4.98 Å². The molecule has 28 heavy (non-hydrogen) atoms. The van der Waals surface area contributed by atoms with E-state index in [1.54, 1.807) is 18.4 Å². The van der Waals surface area contributed by atoms with Crippen molar-refractivity contribution in [2.45, 2.75) is 38.8 Å². The molecule has 0 aliphatic carbocycles. The van der Waals surface area contributed by atoms with Gasteiger partial charge in [0.2, 0.25) is 5.91 Å². The number of likely N-dealkylation sites (tertiary alicyclic amines) is 2. The topological polar surface area (TPSA) is 50.6 Å². The lowest BCUT2D eigenvalue weighted by atomic mass is 9.75. The standard InChI is InChI=1S/C21H30N4O2S/c1-16(2)25-13-19(22-15-25)18-12-23(11-17-5-4-10-28-17)14-21(18)6-7-24(20(21)26)8-9-27-3/h4-5,10,13,15-16,18H,6-9,11-12,14H2,1-3H3/t18-,21-/m1/s1. The zero-order valence-corrected chi connectivity index (χ0v) is 17.8. The van der Waals surface area contributed by atoms with Crippen molar-refractivity contribution in [2.75, 3.05) is 39.9 Å². The Kier molecular flexibility index (Phi) is 5.58. The van der Waals surface area contributed by atoms with Crippen LogP contribution in [0.15, 0.2) is 30.0 Å². The van der Waals surface area contributed by atoms with Gasteiger partial charge in [-0.2, -0.15) is 0 Å². The van der Waals surface area contributed by atoms with Crippen LogP contribution in [0.2, 0.25) is 0 Å².